The maximum Gasteiger partial charge on any atom is 0.269 e. The smallest absolute Gasteiger partial charge is 0.269 e. The fourth-order valence-corrected chi connectivity index (χ4v) is 1.73. The molecule has 0 amide bonds. The summed E-state index contributed by atoms with van der Waals surface area (Å²) in [5.74, 6) is 1.80. The van der Waals surface area contributed by atoms with Crippen LogP contribution in [-0.2, 0) is 6.54 Å². The number of nitro groups is 1. The number of nitrogens with one attached hydrogen (secondary N) is 2. The van der Waals surface area contributed by atoms with Crippen molar-refractivity contribution in [3.8, 4) is 0 Å². The Morgan fingerprint density at radius 3 is 2.21 bits per heavy atom. The van der Waals surface area contributed by atoms with Crippen LogP contribution in [-0.4, -0.2) is 23.5 Å². The van der Waals surface area contributed by atoms with Gasteiger partial charge < -0.3 is 10.6 Å². The summed E-state index contributed by atoms with van der Waals surface area (Å²) in [6.07, 6.45) is 0. The van der Waals surface area contributed by atoms with E-state index in [1.54, 1.807) is 12.1 Å². The highest BCUT2D eigenvalue weighted by Crippen LogP contribution is 2.12. The molecule has 1 aromatic carbocycles. The molecule has 0 heterocycles. The van der Waals surface area contributed by atoms with Crippen molar-refractivity contribution in [1.82, 2.24) is 10.6 Å². The van der Waals surface area contributed by atoms with Gasteiger partial charge in [-0.15, -0.1) is 24.0 Å². The topological polar surface area (TPSA) is 79.6 Å². The lowest BCUT2D eigenvalue weighted by atomic mass is 10.1. The van der Waals surface area contributed by atoms with Crippen LogP contribution < -0.4 is 10.6 Å². The number of hydrogen-bond donors (Lipinski definition) is 2. The minimum Gasteiger partial charge on any atom is -0.356 e. The molecule has 1 unspecified atom stereocenters. The van der Waals surface area contributed by atoms with Crippen LogP contribution in [0.4, 0.5) is 5.69 Å². The molecule has 136 valence electrons. The van der Waals surface area contributed by atoms with Gasteiger partial charge in [-0.25, -0.2) is 4.99 Å². The molecule has 0 aliphatic rings. The van der Waals surface area contributed by atoms with E-state index in [2.05, 4.69) is 50.2 Å². The lowest BCUT2D eigenvalue weighted by Gasteiger charge is -2.21. The van der Waals surface area contributed by atoms with Crippen molar-refractivity contribution >= 4 is 35.6 Å². The van der Waals surface area contributed by atoms with E-state index in [9.17, 15) is 10.1 Å². The number of halogens is 1. The quantitative estimate of drug-likeness (QED) is 0.218. The van der Waals surface area contributed by atoms with Crippen molar-refractivity contribution in [3.05, 3.63) is 39.9 Å². The van der Waals surface area contributed by atoms with Gasteiger partial charge in [-0.2, -0.15) is 0 Å². The molecule has 2 N–H and O–H groups in total. The summed E-state index contributed by atoms with van der Waals surface area (Å²) in [5.41, 5.74) is 1.04. The number of benzene rings is 1. The molecule has 0 spiro atoms. The Kier molecular flexibility index (Phi) is 10.6. The largest absolute Gasteiger partial charge is 0.356 e. The van der Waals surface area contributed by atoms with Gasteiger partial charge in [-0.3, -0.25) is 10.1 Å². The van der Waals surface area contributed by atoms with Crippen LogP contribution in [0.3, 0.4) is 0 Å². The van der Waals surface area contributed by atoms with Gasteiger partial charge in [0.2, 0.25) is 0 Å². The zero-order valence-corrected chi connectivity index (χ0v) is 17.4. The monoisotopic (exact) mass is 448 g/mol. The molecule has 0 radical (unpaired) electrons. The molecule has 0 fully saturated rings. The van der Waals surface area contributed by atoms with Crippen LogP contribution in [0.5, 0.6) is 0 Å². The number of aliphatic imine (C=N–C) groups is 1. The highest BCUT2D eigenvalue weighted by atomic mass is 127. The SMILES string of the molecule is CC(C)CNC(=NCc1ccc([N+](=O)[O-])cc1)NC(C)C(C)C.I. The van der Waals surface area contributed by atoms with Gasteiger partial charge >= 0.3 is 0 Å². The van der Waals surface area contributed by atoms with E-state index in [1.165, 1.54) is 12.1 Å². The van der Waals surface area contributed by atoms with Crippen molar-refractivity contribution in [3.63, 3.8) is 0 Å². The maximum absolute atomic E-state index is 10.7. The van der Waals surface area contributed by atoms with Gasteiger partial charge in [0, 0.05) is 24.7 Å². The summed E-state index contributed by atoms with van der Waals surface area (Å²) >= 11 is 0. The molecule has 0 saturated heterocycles. The van der Waals surface area contributed by atoms with E-state index in [1.807, 2.05) is 0 Å². The summed E-state index contributed by atoms with van der Waals surface area (Å²) < 4.78 is 0. The van der Waals surface area contributed by atoms with Gasteiger partial charge in [0.25, 0.3) is 5.69 Å². The van der Waals surface area contributed by atoms with Crippen LogP contribution in [0.25, 0.3) is 0 Å². The fraction of sp³-hybridized carbons (Fsp3) is 0.588. The van der Waals surface area contributed by atoms with E-state index in [0.717, 1.165) is 18.1 Å². The summed E-state index contributed by atoms with van der Waals surface area (Å²) in [7, 11) is 0. The third-order valence-corrected chi connectivity index (χ3v) is 3.61. The Morgan fingerprint density at radius 2 is 1.75 bits per heavy atom. The Balaban J connectivity index is 0.00000529. The van der Waals surface area contributed by atoms with Crippen LogP contribution >= 0.6 is 24.0 Å². The minimum atomic E-state index is -0.394. The zero-order chi connectivity index (χ0) is 17.4. The van der Waals surface area contributed by atoms with Gasteiger partial charge in [0.1, 0.15) is 0 Å². The average molecular weight is 448 g/mol. The van der Waals surface area contributed by atoms with Crippen molar-refractivity contribution < 1.29 is 4.92 Å². The number of rotatable bonds is 7. The molecular formula is C17H29IN4O2. The first-order chi connectivity index (χ1) is 10.8. The predicted octanol–water partition coefficient (Wildman–Crippen LogP) is 3.95. The Labute approximate surface area is 161 Å². The van der Waals surface area contributed by atoms with Gasteiger partial charge in [-0.1, -0.05) is 39.8 Å². The van der Waals surface area contributed by atoms with Crippen LogP contribution in [0.1, 0.15) is 40.2 Å². The van der Waals surface area contributed by atoms with Gasteiger partial charge in [-0.05, 0) is 24.3 Å². The molecule has 0 aromatic heterocycles. The third kappa shape index (κ3) is 8.47. The summed E-state index contributed by atoms with van der Waals surface area (Å²) in [5, 5.41) is 17.4. The van der Waals surface area contributed by atoms with Crippen molar-refractivity contribution in [2.75, 3.05) is 6.54 Å². The normalized spacial score (nSPS) is 12.7. The van der Waals surface area contributed by atoms with E-state index < -0.39 is 4.92 Å². The third-order valence-electron chi connectivity index (χ3n) is 3.61. The van der Waals surface area contributed by atoms with Crippen molar-refractivity contribution in [2.24, 2.45) is 16.8 Å². The number of guanidine groups is 1. The second kappa shape index (κ2) is 11.2. The molecule has 0 saturated carbocycles. The first-order valence-electron chi connectivity index (χ1n) is 8.07. The molecule has 0 aliphatic carbocycles. The summed E-state index contributed by atoms with van der Waals surface area (Å²) in [6.45, 7) is 12.1. The van der Waals surface area contributed by atoms with E-state index in [-0.39, 0.29) is 29.7 Å². The molecule has 0 bridgehead atoms. The number of hydrogen-bond acceptors (Lipinski definition) is 3. The molecule has 0 aliphatic heterocycles. The van der Waals surface area contributed by atoms with E-state index >= 15 is 0 Å². The lowest BCUT2D eigenvalue weighted by molar-refractivity contribution is -0.384. The van der Waals surface area contributed by atoms with Gasteiger partial charge in [0.15, 0.2) is 5.96 Å². The molecule has 24 heavy (non-hydrogen) atoms. The molecule has 1 aromatic rings. The number of non-ortho nitro benzene ring substituents is 1. The van der Waals surface area contributed by atoms with Crippen molar-refractivity contribution in [1.29, 1.82) is 0 Å². The summed E-state index contributed by atoms with van der Waals surface area (Å²) in [4.78, 5) is 14.9. The van der Waals surface area contributed by atoms with E-state index in [4.69, 9.17) is 0 Å². The highest BCUT2D eigenvalue weighted by molar-refractivity contribution is 14.0. The molecular weight excluding hydrogens is 419 g/mol. The first kappa shape index (κ1) is 22.6. The van der Waals surface area contributed by atoms with Crippen LogP contribution in [0, 0.1) is 22.0 Å². The minimum absolute atomic E-state index is 0. The fourth-order valence-electron chi connectivity index (χ4n) is 1.73. The second-order valence-electron chi connectivity index (χ2n) is 6.54. The molecule has 6 nitrogen and oxygen atoms in total. The van der Waals surface area contributed by atoms with E-state index in [0.29, 0.717) is 24.4 Å². The Morgan fingerprint density at radius 1 is 1.17 bits per heavy atom. The molecule has 1 atom stereocenters. The first-order valence-corrected chi connectivity index (χ1v) is 8.07. The predicted molar refractivity (Wildman–Crippen MR) is 110 cm³/mol. The molecule has 7 heteroatoms. The highest BCUT2D eigenvalue weighted by Gasteiger charge is 2.10. The second-order valence-corrected chi connectivity index (χ2v) is 6.54. The molecule has 1 rings (SSSR count). The van der Waals surface area contributed by atoms with Gasteiger partial charge in [0.05, 0.1) is 11.5 Å². The number of nitrogens with zero attached hydrogens (tertiary/aromatic N) is 2. The standard InChI is InChI=1S/C17H28N4O2.HI/c1-12(2)10-18-17(20-14(5)13(3)4)19-11-15-6-8-16(9-7-15)21(22)23;/h6-9,12-14H,10-11H2,1-5H3,(H2,18,19,20);1H. The lowest BCUT2D eigenvalue weighted by Crippen LogP contribution is -2.45. The van der Waals surface area contributed by atoms with Crippen molar-refractivity contribution in [2.45, 2.75) is 47.2 Å². The van der Waals surface area contributed by atoms with Crippen LogP contribution in [0.2, 0.25) is 0 Å². The number of nitro benzene ring substituents is 1. The zero-order valence-electron chi connectivity index (χ0n) is 15.1. The Hall–Kier alpha value is -1.38. The Bertz CT molecular complexity index is 530. The average Bonchev–Trinajstić information content (AvgIpc) is 2.49. The van der Waals surface area contributed by atoms with Crippen LogP contribution in [0.15, 0.2) is 29.3 Å². The summed E-state index contributed by atoms with van der Waals surface area (Å²) in [6, 6.07) is 6.82. The maximum atomic E-state index is 10.7.